The van der Waals surface area contributed by atoms with Gasteiger partial charge in [-0.2, -0.15) is 5.10 Å². The highest BCUT2D eigenvalue weighted by atomic mass is 127. The van der Waals surface area contributed by atoms with Crippen molar-refractivity contribution < 1.29 is 13.9 Å². The molecule has 1 amide bonds. The minimum Gasteiger partial charge on any atom is -0.486 e. The van der Waals surface area contributed by atoms with Gasteiger partial charge < -0.3 is 14.5 Å². The van der Waals surface area contributed by atoms with Gasteiger partial charge in [0.25, 0.3) is 5.91 Å². The van der Waals surface area contributed by atoms with E-state index in [-0.39, 0.29) is 23.2 Å². The minimum atomic E-state index is -0.470. The van der Waals surface area contributed by atoms with Crippen LogP contribution in [0.2, 0.25) is 15.1 Å². The zero-order valence-electron chi connectivity index (χ0n) is 16.3. The highest BCUT2D eigenvalue weighted by molar-refractivity contribution is 14.1. The van der Waals surface area contributed by atoms with Crippen molar-refractivity contribution in [2.75, 3.05) is 5.32 Å². The summed E-state index contributed by atoms with van der Waals surface area (Å²) in [5, 5.41) is 8.33. The van der Waals surface area contributed by atoms with Crippen molar-refractivity contribution in [3.8, 4) is 5.75 Å². The smallest absolute Gasteiger partial charge is 0.292 e. The Kier molecular flexibility index (Phi) is 7.30. The summed E-state index contributed by atoms with van der Waals surface area (Å²) in [6.45, 7) is 0.567. The monoisotopic (exact) mass is 601 g/mol. The number of ether oxygens (including phenoxy) is 1. The second-order valence-electron chi connectivity index (χ2n) is 6.72. The lowest BCUT2D eigenvalue weighted by atomic mass is 10.2. The van der Waals surface area contributed by atoms with Gasteiger partial charge in [-0.05, 0) is 76.7 Å². The molecule has 2 heterocycles. The molecule has 0 aliphatic rings. The molecule has 1 N–H and O–H groups in total. The SMILES string of the molecule is O=C(Nc1nn(Cc2ccc(Cl)cc2Cl)cc1Cl)c1ccc(COc2ccc(I)cc2)o1. The Morgan fingerprint density at radius 2 is 1.84 bits per heavy atom. The molecule has 164 valence electrons. The third-order valence-corrected chi connectivity index (χ3v) is 5.96. The van der Waals surface area contributed by atoms with E-state index in [1.807, 2.05) is 24.3 Å². The normalized spacial score (nSPS) is 10.9. The quantitative estimate of drug-likeness (QED) is 0.233. The lowest BCUT2D eigenvalue weighted by Gasteiger charge is -2.05. The highest BCUT2D eigenvalue weighted by Gasteiger charge is 2.16. The Morgan fingerprint density at radius 1 is 1.06 bits per heavy atom. The van der Waals surface area contributed by atoms with Crippen molar-refractivity contribution in [2.45, 2.75) is 13.2 Å². The molecule has 32 heavy (non-hydrogen) atoms. The number of carbonyl (C=O) groups is 1. The van der Waals surface area contributed by atoms with Crippen LogP contribution in [-0.2, 0) is 13.2 Å². The molecule has 2 aromatic heterocycles. The van der Waals surface area contributed by atoms with E-state index in [1.165, 1.54) is 0 Å². The summed E-state index contributed by atoms with van der Waals surface area (Å²) in [5.74, 6) is 1.10. The van der Waals surface area contributed by atoms with E-state index >= 15 is 0 Å². The molecule has 4 aromatic rings. The number of anilines is 1. The minimum absolute atomic E-state index is 0.123. The summed E-state index contributed by atoms with van der Waals surface area (Å²) in [5.41, 5.74) is 0.817. The number of hydrogen-bond acceptors (Lipinski definition) is 4. The first kappa shape index (κ1) is 23.0. The van der Waals surface area contributed by atoms with E-state index in [9.17, 15) is 4.79 Å². The molecule has 0 saturated heterocycles. The highest BCUT2D eigenvalue weighted by Crippen LogP contribution is 2.25. The summed E-state index contributed by atoms with van der Waals surface area (Å²) < 4.78 is 13.9. The number of halogens is 4. The molecule has 6 nitrogen and oxygen atoms in total. The molecule has 2 aromatic carbocycles. The van der Waals surface area contributed by atoms with E-state index in [1.54, 1.807) is 41.2 Å². The first-order valence-corrected chi connectivity index (χ1v) is 11.5. The molecular formula is C22H15Cl3IN3O3. The maximum absolute atomic E-state index is 12.6. The molecule has 0 aliphatic carbocycles. The summed E-state index contributed by atoms with van der Waals surface area (Å²) in [4.78, 5) is 12.6. The Bertz CT molecular complexity index is 1260. The number of nitrogens with one attached hydrogen (secondary N) is 1. The predicted octanol–water partition coefficient (Wildman–Crippen LogP) is 6.92. The van der Waals surface area contributed by atoms with Crippen LogP contribution in [0.4, 0.5) is 5.82 Å². The summed E-state index contributed by atoms with van der Waals surface area (Å²) in [7, 11) is 0. The number of aromatic nitrogens is 2. The van der Waals surface area contributed by atoms with Gasteiger partial charge in [-0.15, -0.1) is 0 Å². The van der Waals surface area contributed by atoms with Gasteiger partial charge in [0.05, 0.1) is 6.54 Å². The topological polar surface area (TPSA) is 69.3 Å². The first-order chi connectivity index (χ1) is 15.4. The van der Waals surface area contributed by atoms with Crippen LogP contribution in [0.25, 0.3) is 0 Å². The summed E-state index contributed by atoms with van der Waals surface area (Å²) in [6, 6.07) is 16.1. The van der Waals surface area contributed by atoms with Gasteiger partial charge in [0.15, 0.2) is 11.6 Å². The summed E-state index contributed by atoms with van der Waals surface area (Å²) >= 11 is 20.6. The molecule has 0 aliphatic heterocycles. The lowest BCUT2D eigenvalue weighted by molar-refractivity contribution is 0.0992. The number of hydrogen-bond donors (Lipinski definition) is 1. The van der Waals surface area contributed by atoms with Crippen molar-refractivity contribution in [1.29, 1.82) is 0 Å². The van der Waals surface area contributed by atoms with Crippen LogP contribution in [0.5, 0.6) is 5.75 Å². The van der Waals surface area contributed by atoms with Gasteiger partial charge >= 0.3 is 0 Å². The van der Waals surface area contributed by atoms with Crippen molar-refractivity contribution in [3.05, 3.63) is 96.5 Å². The van der Waals surface area contributed by atoms with Crippen molar-refractivity contribution in [3.63, 3.8) is 0 Å². The van der Waals surface area contributed by atoms with E-state index in [2.05, 4.69) is 33.0 Å². The van der Waals surface area contributed by atoms with Gasteiger partial charge in [0.2, 0.25) is 0 Å². The van der Waals surface area contributed by atoms with Gasteiger partial charge in [-0.1, -0.05) is 40.9 Å². The molecule has 0 unspecified atom stereocenters. The van der Waals surface area contributed by atoms with E-state index in [0.717, 1.165) is 9.13 Å². The van der Waals surface area contributed by atoms with Gasteiger partial charge in [-0.25, -0.2) is 0 Å². The molecule has 0 fully saturated rings. The third kappa shape index (κ3) is 5.78. The molecule has 0 bridgehead atoms. The average Bonchev–Trinajstić information content (AvgIpc) is 3.36. The van der Waals surface area contributed by atoms with Crippen molar-refractivity contribution >= 4 is 69.1 Å². The molecule has 10 heteroatoms. The fourth-order valence-corrected chi connectivity index (χ4v) is 3.84. The number of benzene rings is 2. The van der Waals surface area contributed by atoms with Crippen LogP contribution in [-0.4, -0.2) is 15.7 Å². The molecule has 0 spiro atoms. The van der Waals surface area contributed by atoms with Crippen LogP contribution in [0.1, 0.15) is 21.9 Å². The zero-order chi connectivity index (χ0) is 22.7. The van der Waals surface area contributed by atoms with Crippen LogP contribution in [0.15, 0.2) is 65.2 Å². The molecule has 0 saturated carbocycles. The number of carbonyl (C=O) groups excluding carboxylic acids is 1. The predicted molar refractivity (Wildman–Crippen MR) is 133 cm³/mol. The Balaban J connectivity index is 1.38. The zero-order valence-corrected chi connectivity index (χ0v) is 20.7. The van der Waals surface area contributed by atoms with Crippen LogP contribution < -0.4 is 10.1 Å². The van der Waals surface area contributed by atoms with E-state index in [0.29, 0.717) is 28.1 Å². The molecule has 0 radical (unpaired) electrons. The third-order valence-electron chi connectivity index (χ3n) is 4.38. The molecular weight excluding hydrogens is 588 g/mol. The second-order valence-corrected chi connectivity index (χ2v) is 9.22. The fourth-order valence-electron chi connectivity index (χ4n) is 2.82. The number of rotatable bonds is 7. The standard InChI is InChI=1S/C22H15Cl3IN3O3/c23-14-2-1-13(18(24)9-14)10-29-11-19(25)21(28-29)27-22(30)20-8-7-17(32-20)12-31-16-5-3-15(26)4-6-16/h1-9,11H,10,12H2,(H,27,28,30). The van der Waals surface area contributed by atoms with Gasteiger partial charge in [-0.3, -0.25) is 9.48 Å². The van der Waals surface area contributed by atoms with E-state index < -0.39 is 5.91 Å². The van der Waals surface area contributed by atoms with Gasteiger partial charge in [0, 0.05) is 19.8 Å². The molecule has 0 atom stereocenters. The Labute approximate surface area is 212 Å². The number of amides is 1. The maximum Gasteiger partial charge on any atom is 0.292 e. The Morgan fingerprint density at radius 3 is 2.59 bits per heavy atom. The van der Waals surface area contributed by atoms with Crippen LogP contribution in [0, 0.1) is 3.57 Å². The van der Waals surface area contributed by atoms with Crippen molar-refractivity contribution in [1.82, 2.24) is 9.78 Å². The van der Waals surface area contributed by atoms with Crippen LogP contribution in [0.3, 0.4) is 0 Å². The van der Waals surface area contributed by atoms with Gasteiger partial charge in [0.1, 0.15) is 23.1 Å². The van der Waals surface area contributed by atoms with Crippen molar-refractivity contribution in [2.24, 2.45) is 0 Å². The second kappa shape index (κ2) is 10.2. The number of furan rings is 1. The fraction of sp³-hybridized carbons (Fsp3) is 0.0909. The number of nitrogens with zero attached hydrogens (tertiary/aromatic N) is 2. The maximum atomic E-state index is 12.6. The first-order valence-electron chi connectivity index (χ1n) is 9.33. The molecule has 4 rings (SSSR count). The van der Waals surface area contributed by atoms with E-state index in [4.69, 9.17) is 44.0 Å². The largest absolute Gasteiger partial charge is 0.486 e. The Hall–Kier alpha value is -2.20. The van der Waals surface area contributed by atoms with Crippen LogP contribution >= 0.6 is 57.4 Å². The summed E-state index contributed by atoms with van der Waals surface area (Å²) in [6.07, 6.45) is 1.60. The average molecular weight is 603 g/mol. The lowest BCUT2D eigenvalue weighted by Crippen LogP contribution is -2.12.